The van der Waals surface area contributed by atoms with Gasteiger partial charge in [0.15, 0.2) is 11.6 Å². The highest BCUT2D eigenvalue weighted by atomic mass is 32.1. The minimum Gasteiger partial charge on any atom is -0.507 e. The average Bonchev–Trinajstić information content (AvgIpc) is 3.16. The van der Waals surface area contributed by atoms with Crippen molar-refractivity contribution in [1.82, 2.24) is 14.9 Å². The van der Waals surface area contributed by atoms with Crippen LogP contribution in [0.2, 0.25) is 0 Å². The number of phenolic OH excluding ortho intramolecular Hbond substituents is 2. The molecule has 0 saturated heterocycles. The van der Waals surface area contributed by atoms with Gasteiger partial charge in [0.1, 0.15) is 5.75 Å². The Bertz CT molecular complexity index is 990. The minimum absolute atomic E-state index is 0.0553. The maximum Gasteiger partial charge on any atom is 0.311 e. The highest BCUT2D eigenvalue weighted by Crippen LogP contribution is 2.32. The van der Waals surface area contributed by atoms with Crippen LogP contribution in [-0.2, 0) is 0 Å². The molecule has 0 spiro atoms. The van der Waals surface area contributed by atoms with E-state index in [0.717, 1.165) is 17.0 Å². The second kappa shape index (κ2) is 6.22. The van der Waals surface area contributed by atoms with Crippen LogP contribution < -0.4 is 0 Å². The van der Waals surface area contributed by atoms with Crippen molar-refractivity contribution in [3.63, 3.8) is 0 Å². The van der Waals surface area contributed by atoms with Crippen LogP contribution in [0, 0.1) is 14.9 Å². The number of nitrogens with zero attached hydrogens (tertiary/aromatic N) is 4. The van der Waals surface area contributed by atoms with E-state index < -0.39 is 16.4 Å². The number of aromatic nitrogens is 3. The van der Waals surface area contributed by atoms with E-state index >= 15 is 0 Å². The summed E-state index contributed by atoms with van der Waals surface area (Å²) >= 11 is 6.55. The van der Waals surface area contributed by atoms with Gasteiger partial charge in [0.2, 0.25) is 4.77 Å². The van der Waals surface area contributed by atoms with Crippen molar-refractivity contribution in [3.05, 3.63) is 50.1 Å². The van der Waals surface area contributed by atoms with Gasteiger partial charge in [-0.15, -0.1) is 11.3 Å². The Morgan fingerprint density at radius 3 is 2.88 bits per heavy atom. The zero-order valence-electron chi connectivity index (χ0n) is 11.8. The highest BCUT2D eigenvalue weighted by Gasteiger charge is 2.17. The van der Waals surface area contributed by atoms with Gasteiger partial charge in [0, 0.05) is 17.7 Å². The van der Waals surface area contributed by atoms with E-state index in [2.05, 4.69) is 15.3 Å². The molecular formula is C13H9N5O4S2. The van der Waals surface area contributed by atoms with Gasteiger partial charge in [0.25, 0.3) is 0 Å². The van der Waals surface area contributed by atoms with Gasteiger partial charge in [-0.25, -0.2) is 5.10 Å². The lowest BCUT2D eigenvalue weighted by Gasteiger charge is -2.02. The van der Waals surface area contributed by atoms with E-state index in [-0.39, 0.29) is 16.1 Å². The number of aromatic hydroxyl groups is 2. The van der Waals surface area contributed by atoms with Crippen LogP contribution in [0.4, 0.5) is 5.69 Å². The average molecular weight is 363 g/mol. The molecule has 2 aromatic heterocycles. The number of thiophene rings is 1. The first-order valence-corrected chi connectivity index (χ1v) is 7.72. The molecule has 0 aliphatic heterocycles. The fraction of sp³-hybridized carbons (Fsp3) is 0. The topological polar surface area (TPSA) is 130 Å². The van der Waals surface area contributed by atoms with Gasteiger partial charge >= 0.3 is 5.69 Å². The summed E-state index contributed by atoms with van der Waals surface area (Å²) in [6.45, 7) is 0. The fourth-order valence-corrected chi connectivity index (χ4v) is 2.79. The molecule has 9 nitrogen and oxygen atoms in total. The molecule has 0 aliphatic carbocycles. The van der Waals surface area contributed by atoms with E-state index in [9.17, 15) is 20.3 Å². The third kappa shape index (κ3) is 2.89. The van der Waals surface area contributed by atoms with Crippen molar-refractivity contribution in [2.75, 3.05) is 0 Å². The van der Waals surface area contributed by atoms with Crippen molar-refractivity contribution in [2.24, 2.45) is 5.10 Å². The third-order valence-corrected chi connectivity index (χ3v) is 4.15. The summed E-state index contributed by atoms with van der Waals surface area (Å²) < 4.78 is 1.56. The van der Waals surface area contributed by atoms with Crippen molar-refractivity contribution in [1.29, 1.82) is 0 Å². The van der Waals surface area contributed by atoms with Crippen LogP contribution in [0.5, 0.6) is 11.5 Å². The zero-order chi connectivity index (χ0) is 17.3. The van der Waals surface area contributed by atoms with Crippen molar-refractivity contribution >= 4 is 35.5 Å². The van der Waals surface area contributed by atoms with Gasteiger partial charge in [0.05, 0.1) is 16.0 Å². The predicted molar refractivity (Wildman–Crippen MR) is 90.1 cm³/mol. The van der Waals surface area contributed by atoms with Crippen molar-refractivity contribution in [2.45, 2.75) is 0 Å². The number of benzene rings is 1. The Hall–Kier alpha value is -3.05. The molecule has 0 saturated carbocycles. The molecule has 2 heterocycles. The van der Waals surface area contributed by atoms with Crippen LogP contribution in [0.1, 0.15) is 5.56 Å². The Morgan fingerprint density at radius 2 is 2.21 bits per heavy atom. The molecule has 3 aromatic rings. The van der Waals surface area contributed by atoms with E-state index in [0.29, 0.717) is 5.82 Å². The lowest BCUT2D eigenvalue weighted by molar-refractivity contribution is -0.385. The van der Waals surface area contributed by atoms with Gasteiger partial charge < -0.3 is 10.2 Å². The summed E-state index contributed by atoms with van der Waals surface area (Å²) in [7, 11) is 0. The molecule has 3 N–H and O–H groups in total. The predicted octanol–water partition coefficient (Wildman–Crippen LogP) is 2.87. The number of rotatable bonds is 4. The summed E-state index contributed by atoms with van der Waals surface area (Å²) in [4.78, 5) is 10.9. The number of aromatic amines is 1. The summed E-state index contributed by atoms with van der Waals surface area (Å²) in [6.07, 6.45) is 1.20. The Labute approximate surface area is 143 Å². The summed E-state index contributed by atoms with van der Waals surface area (Å²) in [5, 5.41) is 42.8. The van der Waals surface area contributed by atoms with Gasteiger partial charge in [-0.3, -0.25) is 10.1 Å². The number of phenols is 2. The molecule has 0 atom stereocenters. The molecule has 0 aliphatic rings. The van der Waals surface area contributed by atoms with Crippen LogP contribution in [0.15, 0.2) is 34.7 Å². The van der Waals surface area contributed by atoms with Crippen molar-refractivity contribution in [3.8, 4) is 22.2 Å². The number of nitro benzene ring substituents is 1. The maximum atomic E-state index is 10.9. The van der Waals surface area contributed by atoms with E-state index in [1.54, 1.807) is 0 Å². The van der Waals surface area contributed by atoms with Gasteiger partial charge in [-0.2, -0.15) is 14.9 Å². The second-order valence-corrected chi connectivity index (χ2v) is 5.88. The minimum atomic E-state index is -0.757. The second-order valence-electron chi connectivity index (χ2n) is 4.54. The SMILES string of the molecule is O=[N+]([O-])c1cc(/C=N\n2c(-c3cccs3)n[nH]c2=S)c(O)cc1O. The molecule has 11 heteroatoms. The van der Waals surface area contributed by atoms with E-state index in [1.807, 2.05) is 17.5 Å². The molecule has 122 valence electrons. The first-order chi connectivity index (χ1) is 11.5. The van der Waals surface area contributed by atoms with E-state index in [1.165, 1.54) is 22.2 Å². The molecule has 0 bridgehead atoms. The lowest BCUT2D eigenvalue weighted by atomic mass is 10.2. The standard InChI is InChI=1S/C13H9N5O4S2/c19-9-5-10(20)8(18(21)22)4-7(9)6-14-17-12(15-16-13(17)23)11-2-1-3-24-11/h1-6,19-20H,(H,16,23)/b14-6-. The molecule has 0 fully saturated rings. The smallest absolute Gasteiger partial charge is 0.311 e. The number of H-pyrrole nitrogens is 1. The summed E-state index contributed by atoms with van der Waals surface area (Å²) in [5.41, 5.74) is -0.483. The first kappa shape index (κ1) is 15.8. The van der Waals surface area contributed by atoms with E-state index in [4.69, 9.17) is 12.2 Å². The molecule has 1 aromatic carbocycles. The molecule has 3 rings (SSSR count). The van der Waals surface area contributed by atoms with Gasteiger partial charge in [-0.05, 0) is 23.7 Å². The number of nitro groups is 1. The monoisotopic (exact) mass is 363 g/mol. The first-order valence-electron chi connectivity index (χ1n) is 6.43. The lowest BCUT2D eigenvalue weighted by Crippen LogP contribution is -1.96. The highest BCUT2D eigenvalue weighted by molar-refractivity contribution is 7.71. The largest absolute Gasteiger partial charge is 0.507 e. The Kier molecular flexibility index (Phi) is 4.10. The quantitative estimate of drug-likeness (QED) is 0.283. The molecule has 0 radical (unpaired) electrons. The summed E-state index contributed by atoms with van der Waals surface area (Å²) in [5.74, 6) is -0.512. The van der Waals surface area contributed by atoms with Crippen LogP contribution >= 0.6 is 23.6 Å². The third-order valence-electron chi connectivity index (χ3n) is 3.02. The fourth-order valence-electron chi connectivity index (χ4n) is 1.92. The number of hydrogen-bond acceptors (Lipinski definition) is 8. The Morgan fingerprint density at radius 1 is 1.42 bits per heavy atom. The van der Waals surface area contributed by atoms with Crippen LogP contribution in [-0.4, -0.2) is 36.2 Å². The molecular weight excluding hydrogens is 354 g/mol. The maximum absolute atomic E-state index is 10.9. The molecule has 0 unspecified atom stereocenters. The normalized spacial score (nSPS) is 11.2. The molecule has 24 heavy (non-hydrogen) atoms. The molecule has 0 amide bonds. The van der Waals surface area contributed by atoms with Crippen LogP contribution in [0.3, 0.4) is 0 Å². The van der Waals surface area contributed by atoms with Gasteiger partial charge in [-0.1, -0.05) is 6.07 Å². The zero-order valence-corrected chi connectivity index (χ0v) is 13.4. The Balaban J connectivity index is 2.04. The summed E-state index contributed by atoms with van der Waals surface area (Å²) in [6, 6.07) is 5.59. The number of nitrogens with one attached hydrogen (secondary N) is 1. The number of hydrogen-bond donors (Lipinski definition) is 3. The van der Waals surface area contributed by atoms with Crippen molar-refractivity contribution < 1.29 is 15.1 Å². The van der Waals surface area contributed by atoms with Crippen LogP contribution in [0.25, 0.3) is 10.7 Å².